The molecule has 2 nitrogen and oxygen atoms in total. The molecule has 0 aromatic rings. The van der Waals surface area contributed by atoms with E-state index in [1.807, 2.05) is 0 Å². The summed E-state index contributed by atoms with van der Waals surface area (Å²) >= 11 is -1.50. The van der Waals surface area contributed by atoms with Crippen LogP contribution in [0.5, 0.6) is 0 Å². The molecular weight excluding hydrogens is 203 g/mol. The lowest BCUT2D eigenvalue weighted by Gasteiger charge is -2.30. The minimum atomic E-state index is -1.50. The van der Waals surface area contributed by atoms with Crippen molar-refractivity contribution < 1.29 is 7.58 Å². The zero-order valence-corrected chi connectivity index (χ0v) is 12.7. The van der Waals surface area contributed by atoms with E-state index in [1.54, 1.807) is 0 Å². The molecule has 0 N–H and O–H groups in total. The first-order valence-electron chi connectivity index (χ1n) is 6.00. The van der Waals surface area contributed by atoms with Crippen LogP contribution in [0.2, 0.25) is 5.28 Å². The Kier molecular flexibility index (Phi) is 6.44. The van der Waals surface area contributed by atoms with Crippen LogP contribution in [0.4, 0.5) is 0 Å². The van der Waals surface area contributed by atoms with Crippen LogP contribution in [-0.4, -0.2) is 26.0 Å². The highest BCUT2D eigenvalue weighted by atomic mass is 27.2. The summed E-state index contributed by atoms with van der Waals surface area (Å²) in [6.07, 6.45) is 2.42. The molecule has 90 valence electrons. The summed E-state index contributed by atoms with van der Waals surface area (Å²) in [6, 6.07) is 0. The van der Waals surface area contributed by atoms with Gasteiger partial charge in [-0.05, 0) is 46.8 Å². The summed E-state index contributed by atoms with van der Waals surface area (Å²) in [5.41, 5.74) is -0.147. The van der Waals surface area contributed by atoms with Crippen molar-refractivity contribution in [3.63, 3.8) is 0 Å². The van der Waals surface area contributed by atoms with Gasteiger partial charge in [0.1, 0.15) is 0 Å². The summed E-state index contributed by atoms with van der Waals surface area (Å²) in [5, 5.41) is 1.12. The fraction of sp³-hybridized carbons (Fsp3) is 1.00. The Morgan fingerprint density at radius 3 is 1.53 bits per heavy atom. The van der Waals surface area contributed by atoms with E-state index >= 15 is 0 Å². The molecule has 0 bridgehead atoms. The van der Waals surface area contributed by atoms with Crippen molar-refractivity contribution in [3.8, 4) is 0 Å². The van der Waals surface area contributed by atoms with Crippen molar-refractivity contribution in [3.05, 3.63) is 0 Å². The summed E-state index contributed by atoms with van der Waals surface area (Å²) in [5.74, 6) is 0. The molecule has 0 spiro atoms. The first-order chi connectivity index (χ1) is 6.64. The number of hydrogen-bond acceptors (Lipinski definition) is 2. The molecule has 0 aliphatic carbocycles. The van der Waals surface area contributed by atoms with Gasteiger partial charge < -0.3 is 7.58 Å². The molecule has 0 aliphatic heterocycles. The molecule has 0 atom stereocenters. The standard InChI is InChI=1S/2C4H9O.C4H9.Al/c2*1-4(2,3)5;1-3-4-2;/h2*1-3H3;1,3-4H2,2H3;/q2*-1;;+2. The summed E-state index contributed by atoms with van der Waals surface area (Å²) < 4.78 is 12.1. The Balaban J connectivity index is 4.19. The van der Waals surface area contributed by atoms with E-state index in [4.69, 9.17) is 7.58 Å². The molecule has 0 aliphatic rings. The molecule has 0 amide bonds. The minimum absolute atomic E-state index is 0.0735. The molecule has 0 aromatic carbocycles. The van der Waals surface area contributed by atoms with Gasteiger partial charge in [-0.25, -0.2) is 0 Å². The zero-order chi connectivity index (χ0) is 12.1. The minimum Gasteiger partial charge on any atom is -0.474 e. The van der Waals surface area contributed by atoms with Gasteiger partial charge in [-0.15, -0.1) is 0 Å². The van der Waals surface area contributed by atoms with Crippen molar-refractivity contribution >= 4 is 14.8 Å². The van der Waals surface area contributed by atoms with Crippen LogP contribution in [0.3, 0.4) is 0 Å². The fourth-order valence-electron chi connectivity index (χ4n) is 1.30. The van der Waals surface area contributed by atoms with E-state index in [9.17, 15) is 0 Å². The van der Waals surface area contributed by atoms with Gasteiger partial charge in [-0.2, -0.15) is 0 Å². The van der Waals surface area contributed by atoms with E-state index in [0.29, 0.717) is 0 Å². The maximum absolute atomic E-state index is 6.03. The normalized spacial score (nSPS) is 13.0. The molecule has 0 fully saturated rings. The Labute approximate surface area is 100 Å². The lowest BCUT2D eigenvalue weighted by atomic mass is 10.2. The van der Waals surface area contributed by atoms with Crippen molar-refractivity contribution in [2.24, 2.45) is 0 Å². The highest BCUT2D eigenvalue weighted by molar-refractivity contribution is 6.44. The van der Waals surface area contributed by atoms with Gasteiger partial charge in [0.2, 0.25) is 0 Å². The fourth-order valence-corrected chi connectivity index (χ4v) is 3.90. The smallest absolute Gasteiger partial charge is 0.474 e. The summed E-state index contributed by atoms with van der Waals surface area (Å²) in [6.45, 7) is 14.8. The van der Waals surface area contributed by atoms with E-state index in [-0.39, 0.29) is 11.2 Å². The van der Waals surface area contributed by atoms with Crippen LogP contribution in [0.1, 0.15) is 61.3 Å². The third kappa shape index (κ3) is 10.7. The average Bonchev–Trinajstić information content (AvgIpc) is 1.94. The Morgan fingerprint density at radius 1 is 0.867 bits per heavy atom. The summed E-state index contributed by atoms with van der Waals surface area (Å²) in [7, 11) is 0. The van der Waals surface area contributed by atoms with Gasteiger partial charge in [-0.1, -0.05) is 19.8 Å². The molecule has 15 heavy (non-hydrogen) atoms. The lowest BCUT2D eigenvalue weighted by Crippen LogP contribution is -2.38. The van der Waals surface area contributed by atoms with Gasteiger partial charge in [0.25, 0.3) is 0 Å². The first kappa shape index (κ1) is 15.5. The van der Waals surface area contributed by atoms with E-state index in [1.165, 1.54) is 12.8 Å². The molecule has 3 heteroatoms. The second kappa shape index (κ2) is 6.25. The maximum atomic E-state index is 6.03. The van der Waals surface area contributed by atoms with Crippen LogP contribution < -0.4 is 0 Å². The summed E-state index contributed by atoms with van der Waals surface area (Å²) in [4.78, 5) is 0. The molecule has 0 aromatic heterocycles. The number of rotatable bonds is 5. The second-order valence-corrected chi connectivity index (χ2v) is 7.94. The van der Waals surface area contributed by atoms with Crippen molar-refractivity contribution in [1.29, 1.82) is 0 Å². The zero-order valence-electron chi connectivity index (χ0n) is 11.5. The lowest BCUT2D eigenvalue weighted by molar-refractivity contribution is 0.0336. The largest absolute Gasteiger partial charge is 0.675 e. The van der Waals surface area contributed by atoms with Gasteiger partial charge in [0, 0.05) is 11.2 Å². The van der Waals surface area contributed by atoms with Crippen molar-refractivity contribution in [2.45, 2.75) is 77.8 Å². The van der Waals surface area contributed by atoms with Crippen LogP contribution in [0, 0.1) is 0 Å². The topological polar surface area (TPSA) is 18.5 Å². The van der Waals surface area contributed by atoms with Gasteiger partial charge >= 0.3 is 14.8 Å². The third-order valence-corrected chi connectivity index (χ3v) is 4.58. The van der Waals surface area contributed by atoms with Crippen LogP contribution in [0.15, 0.2) is 0 Å². The third-order valence-electron chi connectivity index (χ3n) is 1.76. The Morgan fingerprint density at radius 2 is 1.27 bits per heavy atom. The molecular formula is C12H27AlO2. The van der Waals surface area contributed by atoms with Crippen LogP contribution in [-0.2, 0) is 7.58 Å². The highest BCUT2D eigenvalue weighted by Crippen LogP contribution is 2.19. The van der Waals surface area contributed by atoms with E-state index in [2.05, 4.69) is 48.5 Å². The van der Waals surface area contributed by atoms with Gasteiger partial charge in [-0.3, -0.25) is 0 Å². The molecule has 0 unspecified atom stereocenters. The second-order valence-electron chi connectivity index (χ2n) is 6.03. The monoisotopic (exact) mass is 230 g/mol. The molecule has 0 radical (unpaired) electrons. The average molecular weight is 230 g/mol. The Hall–Kier alpha value is 0.452. The highest BCUT2D eigenvalue weighted by Gasteiger charge is 2.33. The van der Waals surface area contributed by atoms with Crippen molar-refractivity contribution in [2.75, 3.05) is 0 Å². The van der Waals surface area contributed by atoms with E-state index < -0.39 is 14.8 Å². The Bertz CT molecular complexity index is 151. The molecule has 0 heterocycles. The molecule has 0 rings (SSSR count). The van der Waals surface area contributed by atoms with Crippen molar-refractivity contribution in [1.82, 2.24) is 0 Å². The van der Waals surface area contributed by atoms with Gasteiger partial charge in [0.05, 0.1) is 0 Å². The van der Waals surface area contributed by atoms with Crippen LogP contribution in [0.25, 0.3) is 0 Å². The predicted octanol–water partition coefficient (Wildman–Crippen LogP) is 3.90. The number of unbranched alkanes of at least 4 members (excludes halogenated alkanes) is 1. The maximum Gasteiger partial charge on any atom is 0.675 e. The van der Waals surface area contributed by atoms with E-state index in [0.717, 1.165) is 5.28 Å². The number of hydrogen-bond donors (Lipinski definition) is 0. The first-order valence-corrected chi connectivity index (χ1v) is 7.75. The quantitative estimate of drug-likeness (QED) is 0.667. The molecule has 0 saturated heterocycles. The molecule has 0 saturated carbocycles. The predicted molar refractivity (Wildman–Crippen MR) is 67.1 cm³/mol. The SMILES string of the molecule is CCC[CH2][Al]([O]C(C)(C)C)[O]C(C)(C)C. The van der Waals surface area contributed by atoms with Crippen LogP contribution >= 0.6 is 0 Å². The van der Waals surface area contributed by atoms with Gasteiger partial charge in [0.15, 0.2) is 0 Å².